The molecule has 2 rings (SSSR count). The maximum Gasteiger partial charge on any atom is 0.398 e. The molecule has 0 unspecified atom stereocenters. The minimum Gasteiger partial charge on any atom is -0.317 e. The van der Waals surface area contributed by atoms with Crippen LogP contribution in [0.15, 0.2) is 22.7 Å². The van der Waals surface area contributed by atoms with E-state index in [1.54, 1.807) is 6.07 Å². The molecule has 0 radical (unpaired) electrons. The third-order valence-corrected chi connectivity index (χ3v) is 4.70. The summed E-state index contributed by atoms with van der Waals surface area (Å²) in [5, 5.41) is 3.28. The highest BCUT2D eigenvalue weighted by Crippen LogP contribution is 2.48. The molecule has 1 aromatic carbocycles. The van der Waals surface area contributed by atoms with Gasteiger partial charge in [0.2, 0.25) is 0 Å². The number of hydrogen-bond donors (Lipinski definition) is 1. The monoisotopic (exact) mass is 341 g/mol. The van der Waals surface area contributed by atoms with E-state index >= 15 is 0 Å². The summed E-state index contributed by atoms with van der Waals surface area (Å²) in [6.45, 7) is 0.736. The Hall–Kier alpha value is -0.260. The normalized spacial score (nSPS) is 19.8. The fourth-order valence-corrected chi connectivity index (χ4v) is 2.81. The summed E-state index contributed by atoms with van der Waals surface area (Å²) >= 11 is 9.11. The van der Waals surface area contributed by atoms with Crippen molar-refractivity contribution in [2.45, 2.75) is 24.4 Å². The van der Waals surface area contributed by atoms with Crippen molar-refractivity contribution in [1.82, 2.24) is 5.32 Å². The summed E-state index contributed by atoms with van der Waals surface area (Å²) in [6.07, 6.45) is -4.16. The van der Waals surface area contributed by atoms with E-state index in [1.165, 1.54) is 12.1 Å². The van der Waals surface area contributed by atoms with Gasteiger partial charge in [-0.05, 0) is 59.6 Å². The molecule has 1 N–H and O–H groups in total. The fourth-order valence-electron chi connectivity index (χ4n) is 2.38. The highest BCUT2D eigenvalue weighted by molar-refractivity contribution is 9.10. The van der Waals surface area contributed by atoms with Crippen LogP contribution in [0.1, 0.15) is 18.4 Å². The van der Waals surface area contributed by atoms with E-state index in [-0.39, 0.29) is 18.4 Å². The lowest BCUT2D eigenvalue weighted by Gasteiger charge is -2.39. The molecule has 1 fully saturated rings. The second-order valence-electron chi connectivity index (χ2n) is 4.46. The van der Waals surface area contributed by atoms with Crippen LogP contribution in [-0.4, -0.2) is 19.3 Å². The Kier molecular flexibility index (Phi) is 3.95. The second-order valence-corrected chi connectivity index (χ2v) is 5.72. The molecule has 1 aliphatic heterocycles. The Labute approximate surface area is 117 Å². The van der Waals surface area contributed by atoms with Gasteiger partial charge in [0.25, 0.3) is 0 Å². The van der Waals surface area contributed by atoms with E-state index in [2.05, 4.69) is 21.2 Å². The van der Waals surface area contributed by atoms with Crippen LogP contribution in [0, 0.1) is 0 Å². The van der Waals surface area contributed by atoms with Crippen molar-refractivity contribution in [2.24, 2.45) is 0 Å². The Morgan fingerprint density at radius 3 is 2.33 bits per heavy atom. The maximum atomic E-state index is 13.4. The van der Waals surface area contributed by atoms with E-state index < -0.39 is 11.6 Å². The van der Waals surface area contributed by atoms with Crippen molar-refractivity contribution in [3.05, 3.63) is 33.3 Å². The van der Waals surface area contributed by atoms with Crippen LogP contribution in [0.5, 0.6) is 0 Å². The number of nitrogens with one attached hydrogen (secondary N) is 1. The Balaban J connectivity index is 2.49. The minimum absolute atomic E-state index is 0.0501. The molecule has 1 nitrogen and oxygen atoms in total. The van der Waals surface area contributed by atoms with Gasteiger partial charge >= 0.3 is 6.18 Å². The number of halogens is 5. The highest BCUT2D eigenvalue weighted by atomic mass is 79.9. The van der Waals surface area contributed by atoms with Gasteiger partial charge in [-0.2, -0.15) is 13.2 Å². The van der Waals surface area contributed by atoms with E-state index in [1.807, 2.05) is 0 Å². The Bertz CT molecular complexity index is 441. The van der Waals surface area contributed by atoms with E-state index in [0.717, 1.165) is 0 Å². The van der Waals surface area contributed by atoms with Crippen LogP contribution < -0.4 is 5.32 Å². The number of piperidine rings is 1. The first-order chi connectivity index (χ1) is 8.37. The van der Waals surface area contributed by atoms with E-state index in [0.29, 0.717) is 22.6 Å². The first kappa shape index (κ1) is 14.2. The molecule has 1 aromatic rings. The first-order valence-electron chi connectivity index (χ1n) is 5.60. The van der Waals surface area contributed by atoms with E-state index in [9.17, 15) is 13.2 Å². The van der Waals surface area contributed by atoms with Crippen LogP contribution >= 0.6 is 27.5 Å². The van der Waals surface area contributed by atoms with Crippen molar-refractivity contribution in [2.75, 3.05) is 13.1 Å². The van der Waals surface area contributed by atoms with Gasteiger partial charge in [0.15, 0.2) is 0 Å². The highest BCUT2D eigenvalue weighted by Gasteiger charge is 2.55. The smallest absolute Gasteiger partial charge is 0.317 e. The standard InChI is InChI=1S/C12H12BrClF3N/c13-9-2-1-8(7-10(9)14)11(12(15,16)17)3-5-18-6-4-11/h1-2,7,18H,3-6H2. The van der Waals surface area contributed by atoms with Crippen LogP contribution in [0.2, 0.25) is 5.02 Å². The second kappa shape index (κ2) is 5.02. The van der Waals surface area contributed by atoms with Crippen LogP contribution in [0.3, 0.4) is 0 Å². The molecule has 1 aliphatic rings. The number of rotatable bonds is 1. The minimum atomic E-state index is -4.26. The van der Waals surface area contributed by atoms with Gasteiger partial charge < -0.3 is 5.32 Å². The summed E-state index contributed by atoms with van der Waals surface area (Å²) in [5.41, 5.74) is -1.52. The topological polar surface area (TPSA) is 12.0 Å². The molecular weight excluding hydrogens is 330 g/mol. The largest absolute Gasteiger partial charge is 0.398 e. The molecule has 0 aromatic heterocycles. The number of hydrogen-bond acceptors (Lipinski definition) is 1. The lowest BCUT2D eigenvalue weighted by atomic mass is 9.72. The number of benzene rings is 1. The quantitative estimate of drug-likeness (QED) is 0.803. The van der Waals surface area contributed by atoms with Gasteiger partial charge in [0.1, 0.15) is 0 Å². The van der Waals surface area contributed by atoms with Crippen molar-refractivity contribution in [1.29, 1.82) is 0 Å². The molecule has 0 bridgehead atoms. The predicted molar refractivity (Wildman–Crippen MR) is 69.0 cm³/mol. The van der Waals surface area contributed by atoms with Gasteiger partial charge in [0, 0.05) is 4.47 Å². The van der Waals surface area contributed by atoms with Gasteiger partial charge in [-0.3, -0.25) is 0 Å². The Morgan fingerprint density at radius 1 is 1.22 bits per heavy atom. The molecule has 1 saturated heterocycles. The average molecular weight is 343 g/mol. The summed E-state index contributed by atoms with van der Waals surface area (Å²) in [4.78, 5) is 0. The summed E-state index contributed by atoms with van der Waals surface area (Å²) in [7, 11) is 0. The zero-order valence-corrected chi connectivity index (χ0v) is 11.8. The molecular formula is C12H12BrClF3N. The predicted octanol–water partition coefficient (Wildman–Crippen LogP) is 4.29. The molecule has 18 heavy (non-hydrogen) atoms. The molecule has 0 aliphatic carbocycles. The van der Waals surface area contributed by atoms with E-state index in [4.69, 9.17) is 11.6 Å². The van der Waals surface area contributed by atoms with Gasteiger partial charge in [-0.25, -0.2) is 0 Å². The van der Waals surface area contributed by atoms with Gasteiger partial charge in [-0.1, -0.05) is 17.7 Å². The van der Waals surface area contributed by atoms with Crippen molar-refractivity contribution < 1.29 is 13.2 Å². The molecule has 0 atom stereocenters. The van der Waals surface area contributed by atoms with Gasteiger partial charge in [-0.15, -0.1) is 0 Å². The molecule has 100 valence electrons. The zero-order valence-electron chi connectivity index (χ0n) is 9.45. The third-order valence-electron chi connectivity index (χ3n) is 3.47. The average Bonchev–Trinajstić information content (AvgIpc) is 2.32. The molecule has 0 spiro atoms. The molecule has 0 saturated carbocycles. The van der Waals surface area contributed by atoms with Crippen LogP contribution in [0.25, 0.3) is 0 Å². The lowest BCUT2D eigenvalue weighted by molar-refractivity contribution is -0.197. The van der Waals surface area contributed by atoms with Crippen LogP contribution in [0.4, 0.5) is 13.2 Å². The van der Waals surface area contributed by atoms with Crippen molar-refractivity contribution in [3.63, 3.8) is 0 Å². The SMILES string of the molecule is FC(F)(F)C1(c2ccc(Br)c(Cl)c2)CCNCC1. The third kappa shape index (κ3) is 2.40. The van der Waals surface area contributed by atoms with Crippen LogP contribution in [-0.2, 0) is 5.41 Å². The molecule has 1 heterocycles. The Morgan fingerprint density at radius 2 is 1.83 bits per heavy atom. The maximum absolute atomic E-state index is 13.4. The first-order valence-corrected chi connectivity index (χ1v) is 6.77. The zero-order chi connectivity index (χ0) is 13.4. The fraction of sp³-hybridized carbons (Fsp3) is 0.500. The lowest BCUT2D eigenvalue weighted by Crippen LogP contribution is -2.49. The van der Waals surface area contributed by atoms with Crippen molar-refractivity contribution in [3.8, 4) is 0 Å². The molecule has 6 heteroatoms. The van der Waals surface area contributed by atoms with Gasteiger partial charge in [0.05, 0.1) is 10.4 Å². The summed E-state index contributed by atoms with van der Waals surface area (Å²) in [6, 6.07) is 4.51. The summed E-state index contributed by atoms with van der Waals surface area (Å²) < 4.78 is 40.9. The van der Waals surface area contributed by atoms with Crippen molar-refractivity contribution >= 4 is 27.5 Å². The summed E-state index contributed by atoms with van der Waals surface area (Å²) in [5.74, 6) is 0. The molecule has 0 amide bonds. The number of alkyl halides is 3.